The van der Waals surface area contributed by atoms with Gasteiger partial charge in [0.25, 0.3) is 0 Å². The fourth-order valence-corrected chi connectivity index (χ4v) is 2.64. The molecule has 0 radical (unpaired) electrons. The highest BCUT2D eigenvalue weighted by Gasteiger charge is 2.34. The Morgan fingerprint density at radius 1 is 1.38 bits per heavy atom. The van der Waals surface area contributed by atoms with Crippen LogP contribution in [0.4, 0.5) is 0 Å². The van der Waals surface area contributed by atoms with E-state index < -0.39 is 0 Å². The number of nitrogens with one attached hydrogen (secondary N) is 2. The van der Waals surface area contributed by atoms with Crippen LogP contribution < -0.4 is 10.6 Å². The van der Waals surface area contributed by atoms with Gasteiger partial charge in [-0.25, -0.2) is 0 Å². The number of aliphatic hydroxyl groups is 1. The van der Waals surface area contributed by atoms with Gasteiger partial charge in [0, 0.05) is 6.04 Å². The first kappa shape index (κ1) is 15.9. The first-order chi connectivity index (χ1) is 10.2. The average molecular weight is 292 g/mol. The van der Waals surface area contributed by atoms with Crippen molar-refractivity contribution < 1.29 is 14.6 Å². The van der Waals surface area contributed by atoms with Crippen molar-refractivity contribution >= 4 is 5.91 Å². The molecule has 0 saturated carbocycles. The minimum absolute atomic E-state index is 0.0477. The molecular formula is C16H24N2O3. The van der Waals surface area contributed by atoms with Crippen molar-refractivity contribution in [1.82, 2.24) is 10.6 Å². The quantitative estimate of drug-likeness (QED) is 0.677. The molecule has 5 heteroatoms. The summed E-state index contributed by atoms with van der Waals surface area (Å²) in [5.41, 5.74) is 1.10. The van der Waals surface area contributed by atoms with Gasteiger partial charge >= 0.3 is 0 Å². The first-order valence-corrected chi connectivity index (χ1v) is 7.50. The molecule has 1 aliphatic heterocycles. The number of hydrogen-bond donors (Lipinski definition) is 3. The summed E-state index contributed by atoms with van der Waals surface area (Å²) in [5.74, 6) is -0.233. The Labute approximate surface area is 125 Å². The van der Waals surface area contributed by atoms with Crippen molar-refractivity contribution in [3.63, 3.8) is 0 Å². The molecule has 2 rings (SSSR count). The lowest BCUT2D eigenvalue weighted by atomic mass is 10.0. The molecule has 1 aromatic rings. The third kappa shape index (κ3) is 4.52. The second-order valence-electron chi connectivity index (χ2n) is 5.39. The van der Waals surface area contributed by atoms with E-state index in [2.05, 4.69) is 10.6 Å². The molecule has 1 heterocycles. The van der Waals surface area contributed by atoms with Crippen LogP contribution in [0.5, 0.6) is 0 Å². The van der Waals surface area contributed by atoms with Crippen LogP contribution in [0.1, 0.15) is 12.5 Å². The first-order valence-electron chi connectivity index (χ1n) is 7.50. The third-order valence-corrected chi connectivity index (χ3v) is 3.78. The number of aliphatic hydroxyl groups excluding tert-OH is 1. The van der Waals surface area contributed by atoms with E-state index in [0.717, 1.165) is 12.1 Å². The minimum Gasteiger partial charge on any atom is -0.394 e. The Morgan fingerprint density at radius 2 is 2.14 bits per heavy atom. The summed E-state index contributed by atoms with van der Waals surface area (Å²) in [6, 6.07) is 9.65. The fraction of sp³-hybridized carbons (Fsp3) is 0.562. The number of likely N-dealkylation sites (N-methyl/N-ethyl adjacent to an activating group) is 1. The molecular weight excluding hydrogens is 268 g/mol. The topological polar surface area (TPSA) is 70.6 Å². The SMILES string of the molecule is CCNC1COCC1C(=O)NC(CO)Cc1ccccc1. The van der Waals surface area contributed by atoms with Crippen LogP contribution in [0.15, 0.2) is 30.3 Å². The number of ether oxygens (including phenoxy) is 1. The van der Waals surface area contributed by atoms with Crippen molar-refractivity contribution in [2.45, 2.75) is 25.4 Å². The summed E-state index contributed by atoms with van der Waals surface area (Å²) in [7, 11) is 0. The van der Waals surface area contributed by atoms with Gasteiger partial charge < -0.3 is 20.5 Å². The molecule has 0 bridgehead atoms. The van der Waals surface area contributed by atoms with E-state index in [1.165, 1.54) is 0 Å². The molecule has 0 aliphatic carbocycles. The van der Waals surface area contributed by atoms with Crippen molar-refractivity contribution in [2.24, 2.45) is 5.92 Å². The molecule has 0 aromatic heterocycles. The number of amides is 1. The van der Waals surface area contributed by atoms with Crippen LogP contribution in [0, 0.1) is 5.92 Å². The van der Waals surface area contributed by atoms with E-state index in [1.807, 2.05) is 37.3 Å². The van der Waals surface area contributed by atoms with Crippen molar-refractivity contribution in [2.75, 3.05) is 26.4 Å². The number of benzene rings is 1. The van der Waals surface area contributed by atoms with E-state index >= 15 is 0 Å². The van der Waals surface area contributed by atoms with E-state index in [9.17, 15) is 9.90 Å². The van der Waals surface area contributed by atoms with Gasteiger partial charge in [-0.1, -0.05) is 37.3 Å². The summed E-state index contributed by atoms with van der Waals surface area (Å²) in [6.07, 6.45) is 0.628. The predicted octanol–water partition coefficient (Wildman–Crippen LogP) is 0.331. The maximum absolute atomic E-state index is 12.3. The molecule has 1 saturated heterocycles. The Hall–Kier alpha value is -1.43. The molecule has 0 spiro atoms. The smallest absolute Gasteiger partial charge is 0.227 e. The van der Waals surface area contributed by atoms with Gasteiger partial charge in [-0.05, 0) is 18.5 Å². The Bertz CT molecular complexity index is 438. The van der Waals surface area contributed by atoms with Crippen molar-refractivity contribution in [3.8, 4) is 0 Å². The standard InChI is InChI=1S/C16H24N2O3/c1-2-17-15-11-21-10-14(15)16(20)18-13(9-19)8-12-6-4-3-5-7-12/h3-7,13-15,17,19H,2,8-11H2,1H3,(H,18,20). The van der Waals surface area contributed by atoms with E-state index in [0.29, 0.717) is 19.6 Å². The highest BCUT2D eigenvalue weighted by atomic mass is 16.5. The Kier molecular flexibility index (Phi) is 6.17. The summed E-state index contributed by atoms with van der Waals surface area (Å²) in [5, 5.41) is 15.7. The number of carbonyl (C=O) groups excluding carboxylic acids is 1. The number of hydrogen-bond acceptors (Lipinski definition) is 4. The van der Waals surface area contributed by atoms with Crippen LogP contribution in [0.3, 0.4) is 0 Å². The lowest BCUT2D eigenvalue weighted by Crippen LogP contribution is -2.48. The Morgan fingerprint density at radius 3 is 2.81 bits per heavy atom. The largest absolute Gasteiger partial charge is 0.394 e. The zero-order valence-corrected chi connectivity index (χ0v) is 12.4. The molecule has 116 valence electrons. The lowest BCUT2D eigenvalue weighted by Gasteiger charge is -2.22. The molecule has 1 amide bonds. The van der Waals surface area contributed by atoms with Gasteiger partial charge in [-0.2, -0.15) is 0 Å². The van der Waals surface area contributed by atoms with Crippen LogP contribution in [-0.2, 0) is 16.0 Å². The predicted molar refractivity (Wildman–Crippen MR) is 80.9 cm³/mol. The average Bonchev–Trinajstić information content (AvgIpc) is 2.96. The molecule has 1 aromatic carbocycles. The van der Waals surface area contributed by atoms with Crippen LogP contribution >= 0.6 is 0 Å². The van der Waals surface area contributed by atoms with Gasteiger partial charge in [0.05, 0.1) is 31.8 Å². The second-order valence-corrected chi connectivity index (χ2v) is 5.39. The van der Waals surface area contributed by atoms with Gasteiger partial charge in [-0.15, -0.1) is 0 Å². The monoisotopic (exact) mass is 292 g/mol. The maximum atomic E-state index is 12.3. The minimum atomic E-state index is -0.261. The molecule has 3 atom stereocenters. The van der Waals surface area contributed by atoms with Gasteiger partial charge in [0.15, 0.2) is 0 Å². The maximum Gasteiger partial charge on any atom is 0.227 e. The zero-order valence-electron chi connectivity index (χ0n) is 12.4. The fourth-order valence-electron chi connectivity index (χ4n) is 2.64. The Balaban J connectivity index is 1.90. The third-order valence-electron chi connectivity index (χ3n) is 3.78. The van der Waals surface area contributed by atoms with Crippen molar-refractivity contribution in [3.05, 3.63) is 35.9 Å². The zero-order chi connectivity index (χ0) is 15.1. The molecule has 21 heavy (non-hydrogen) atoms. The highest BCUT2D eigenvalue weighted by molar-refractivity contribution is 5.80. The highest BCUT2D eigenvalue weighted by Crippen LogP contribution is 2.14. The number of rotatable bonds is 7. The van der Waals surface area contributed by atoms with Gasteiger partial charge in [0.2, 0.25) is 5.91 Å². The number of carbonyl (C=O) groups is 1. The molecule has 1 aliphatic rings. The van der Waals surface area contributed by atoms with Crippen molar-refractivity contribution in [1.29, 1.82) is 0 Å². The molecule has 3 N–H and O–H groups in total. The van der Waals surface area contributed by atoms with Crippen LogP contribution in [0.25, 0.3) is 0 Å². The molecule has 1 fully saturated rings. The molecule has 5 nitrogen and oxygen atoms in total. The molecule has 3 unspecified atom stereocenters. The van der Waals surface area contributed by atoms with Gasteiger partial charge in [-0.3, -0.25) is 4.79 Å². The van der Waals surface area contributed by atoms with Gasteiger partial charge in [0.1, 0.15) is 0 Å². The normalized spacial score (nSPS) is 23.0. The summed E-state index contributed by atoms with van der Waals surface area (Å²) < 4.78 is 5.39. The summed E-state index contributed by atoms with van der Waals surface area (Å²) in [4.78, 5) is 12.3. The summed E-state index contributed by atoms with van der Waals surface area (Å²) >= 11 is 0. The van der Waals surface area contributed by atoms with E-state index in [1.54, 1.807) is 0 Å². The van der Waals surface area contributed by atoms with E-state index in [-0.39, 0.29) is 30.5 Å². The van der Waals surface area contributed by atoms with E-state index in [4.69, 9.17) is 4.74 Å². The van der Waals surface area contributed by atoms with Crippen LogP contribution in [-0.4, -0.2) is 49.5 Å². The lowest BCUT2D eigenvalue weighted by molar-refractivity contribution is -0.126. The summed E-state index contributed by atoms with van der Waals surface area (Å²) in [6.45, 7) is 3.76. The van der Waals surface area contributed by atoms with Crippen LogP contribution in [0.2, 0.25) is 0 Å². The second kappa shape index (κ2) is 8.12.